The molecule has 3 aromatic rings. The molecule has 0 aliphatic carbocycles. The van der Waals surface area contributed by atoms with Crippen molar-refractivity contribution in [3.8, 4) is 0 Å². The molecule has 0 unspecified atom stereocenters. The summed E-state index contributed by atoms with van der Waals surface area (Å²) in [5.41, 5.74) is 2.99. The summed E-state index contributed by atoms with van der Waals surface area (Å²) < 4.78 is 6.28. The Morgan fingerprint density at radius 3 is 2.54 bits per heavy atom. The maximum absolute atomic E-state index is 6.28. The molecule has 3 aliphatic heterocycles. The second-order valence-electron chi connectivity index (χ2n) is 10.8. The van der Waals surface area contributed by atoms with Gasteiger partial charge in [0.2, 0.25) is 5.95 Å². The average Bonchev–Trinajstić information content (AvgIpc) is 3.44. The van der Waals surface area contributed by atoms with E-state index in [0.717, 1.165) is 54.8 Å². The van der Waals surface area contributed by atoms with Crippen LogP contribution >= 0.6 is 11.3 Å². The number of thiazole rings is 1. The van der Waals surface area contributed by atoms with Gasteiger partial charge in [-0.1, -0.05) is 6.92 Å². The Labute approximate surface area is 211 Å². The summed E-state index contributed by atoms with van der Waals surface area (Å²) in [6.45, 7) is 11.6. The van der Waals surface area contributed by atoms with Crippen LogP contribution in [0.1, 0.15) is 32.8 Å². The molecule has 9 heteroatoms. The lowest BCUT2D eigenvalue weighted by atomic mass is 9.74. The van der Waals surface area contributed by atoms with Gasteiger partial charge in [-0.3, -0.25) is 4.90 Å². The SMILES string of the molecule is CN1CCN(c2ccc(Nc3ncc4c(n3)N(c3nccs3)[C@@H]3CC(C)(C)OC[C@]43C)cc2)CC1. The van der Waals surface area contributed by atoms with Gasteiger partial charge >= 0.3 is 0 Å². The number of rotatable bonds is 4. The van der Waals surface area contributed by atoms with Crippen molar-refractivity contribution in [3.05, 3.63) is 47.6 Å². The van der Waals surface area contributed by atoms with Crippen molar-refractivity contribution < 1.29 is 4.74 Å². The summed E-state index contributed by atoms with van der Waals surface area (Å²) in [7, 11) is 2.18. The minimum Gasteiger partial charge on any atom is -0.374 e. The monoisotopic (exact) mass is 491 g/mol. The van der Waals surface area contributed by atoms with Crippen LogP contribution in [-0.2, 0) is 10.2 Å². The first-order valence-corrected chi connectivity index (χ1v) is 13.2. The lowest BCUT2D eigenvalue weighted by Gasteiger charge is -2.46. The highest BCUT2D eigenvalue weighted by Gasteiger charge is 2.55. The number of ether oxygens (including phenoxy) is 1. The topological polar surface area (TPSA) is 69.7 Å². The molecule has 1 N–H and O–H groups in total. The highest BCUT2D eigenvalue weighted by atomic mass is 32.1. The summed E-state index contributed by atoms with van der Waals surface area (Å²) in [6, 6.07) is 8.80. The second-order valence-corrected chi connectivity index (χ2v) is 11.6. The van der Waals surface area contributed by atoms with E-state index in [2.05, 4.69) is 77.1 Å². The van der Waals surface area contributed by atoms with Gasteiger partial charge in [0, 0.05) is 66.3 Å². The summed E-state index contributed by atoms with van der Waals surface area (Å²) in [4.78, 5) is 21.5. The smallest absolute Gasteiger partial charge is 0.229 e. The molecule has 8 nitrogen and oxygen atoms in total. The molecule has 184 valence electrons. The molecule has 2 saturated heterocycles. The molecule has 5 heterocycles. The van der Waals surface area contributed by atoms with E-state index >= 15 is 0 Å². The van der Waals surface area contributed by atoms with Gasteiger partial charge in [0.15, 0.2) is 5.13 Å². The number of nitrogens with one attached hydrogen (secondary N) is 1. The molecule has 0 radical (unpaired) electrons. The highest BCUT2D eigenvalue weighted by molar-refractivity contribution is 7.13. The lowest BCUT2D eigenvalue weighted by Crippen LogP contribution is -2.54. The predicted molar refractivity (Wildman–Crippen MR) is 142 cm³/mol. The third-order valence-corrected chi connectivity index (χ3v) is 8.49. The van der Waals surface area contributed by atoms with Gasteiger partial charge in [-0.25, -0.2) is 9.97 Å². The Morgan fingerprint density at radius 1 is 1.06 bits per heavy atom. The summed E-state index contributed by atoms with van der Waals surface area (Å²) >= 11 is 1.65. The molecule has 6 rings (SSSR count). The van der Waals surface area contributed by atoms with Crippen LogP contribution in [0.25, 0.3) is 0 Å². The van der Waals surface area contributed by atoms with E-state index < -0.39 is 0 Å². The van der Waals surface area contributed by atoms with Crippen molar-refractivity contribution in [1.29, 1.82) is 0 Å². The molecule has 0 saturated carbocycles. The number of fused-ring (bicyclic) bond motifs is 3. The van der Waals surface area contributed by atoms with Crippen LogP contribution in [0.2, 0.25) is 0 Å². The Hall–Kier alpha value is -2.75. The number of likely N-dealkylation sites (N-methyl/N-ethyl adjacent to an activating group) is 1. The molecular formula is C26H33N7OS. The van der Waals surface area contributed by atoms with E-state index in [1.807, 2.05) is 17.8 Å². The number of aromatic nitrogens is 3. The number of hydrogen-bond acceptors (Lipinski definition) is 9. The van der Waals surface area contributed by atoms with Crippen molar-refractivity contribution >= 4 is 39.6 Å². The van der Waals surface area contributed by atoms with Gasteiger partial charge in [0.05, 0.1) is 18.2 Å². The van der Waals surface area contributed by atoms with E-state index in [-0.39, 0.29) is 17.1 Å². The minimum absolute atomic E-state index is 0.181. The quantitative estimate of drug-likeness (QED) is 0.576. The molecule has 0 bridgehead atoms. The Bertz CT molecular complexity index is 1190. The fourth-order valence-electron chi connectivity index (χ4n) is 5.50. The molecule has 2 fully saturated rings. The predicted octanol–water partition coefficient (Wildman–Crippen LogP) is 4.41. The highest BCUT2D eigenvalue weighted by Crippen LogP contribution is 2.53. The van der Waals surface area contributed by atoms with Crippen molar-refractivity contribution in [2.45, 2.75) is 44.2 Å². The van der Waals surface area contributed by atoms with E-state index in [4.69, 9.17) is 14.7 Å². The van der Waals surface area contributed by atoms with Crippen molar-refractivity contribution in [1.82, 2.24) is 19.9 Å². The maximum atomic E-state index is 6.28. The number of nitrogens with zero attached hydrogens (tertiary/aromatic N) is 6. The first-order chi connectivity index (χ1) is 16.8. The van der Waals surface area contributed by atoms with Crippen LogP contribution in [0.3, 0.4) is 0 Å². The van der Waals surface area contributed by atoms with Crippen LogP contribution in [0.5, 0.6) is 0 Å². The van der Waals surface area contributed by atoms with Gasteiger partial charge in [-0.05, 0) is 51.6 Å². The molecule has 2 aromatic heterocycles. The van der Waals surface area contributed by atoms with E-state index in [1.54, 1.807) is 11.3 Å². The molecule has 0 spiro atoms. The largest absolute Gasteiger partial charge is 0.374 e. The number of piperazine rings is 1. The van der Waals surface area contributed by atoms with Gasteiger partial charge < -0.3 is 19.9 Å². The molecular weight excluding hydrogens is 458 g/mol. The third kappa shape index (κ3) is 4.05. The Morgan fingerprint density at radius 2 is 1.83 bits per heavy atom. The number of hydrogen-bond donors (Lipinski definition) is 1. The summed E-state index contributed by atoms with van der Waals surface area (Å²) in [6.07, 6.45) is 4.74. The molecule has 0 amide bonds. The van der Waals surface area contributed by atoms with Crippen molar-refractivity contribution in [2.24, 2.45) is 0 Å². The minimum atomic E-state index is -0.193. The summed E-state index contributed by atoms with van der Waals surface area (Å²) in [5, 5.41) is 6.42. The zero-order chi connectivity index (χ0) is 24.2. The first kappa shape index (κ1) is 22.7. The summed E-state index contributed by atoms with van der Waals surface area (Å²) in [5.74, 6) is 1.53. The fraction of sp³-hybridized carbons (Fsp3) is 0.500. The van der Waals surface area contributed by atoms with Gasteiger partial charge in [0.1, 0.15) is 5.82 Å². The zero-order valence-electron chi connectivity index (χ0n) is 20.9. The lowest BCUT2D eigenvalue weighted by molar-refractivity contribution is -0.0892. The van der Waals surface area contributed by atoms with Gasteiger partial charge in [-0.15, -0.1) is 11.3 Å². The molecule has 1 aromatic carbocycles. The molecule has 35 heavy (non-hydrogen) atoms. The van der Waals surface area contributed by atoms with Crippen LogP contribution < -0.4 is 15.1 Å². The maximum Gasteiger partial charge on any atom is 0.229 e. The van der Waals surface area contributed by atoms with Crippen LogP contribution in [0, 0.1) is 0 Å². The third-order valence-electron chi connectivity index (χ3n) is 7.72. The van der Waals surface area contributed by atoms with Gasteiger partial charge in [-0.2, -0.15) is 4.98 Å². The van der Waals surface area contributed by atoms with Gasteiger partial charge in [0.25, 0.3) is 0 Å². The molecule has 2 atom stereocenters. The van der Waals surface area contributed by atoms with Crippen molar-refractivity contribution in [2.75, 3.05) is 55.0 Å². The number of benzene rings is 1. The second kappa shape index (κ2) is 8.43. The molecule has 3 aliphatic rings. The zero-order valence-corrected chi connectivity index (χ0v) is 21.7. The van der Waals surface area contributed by atoms with Crippen LogP contribution in [0.15, 0.2) is 42.0 Å². The van der Waals surface area contributed by atoms with E-state index in [1.165, 1.54) is 5.69 Å². The average molecular weight is 492 g/mol. The number of anilines is 5. The van der Waals surface area contributed by atoms with Crippen LogP contribution in [0.4, 0.5) is 28.3 Å². The van der Waals surface area contributed by atoms with E-state index in [0.29, 0.717) is 12.6 Å². The van der Waals surface area contributed by atoms with Crippen molar-refractivity contribution in [3.63, 3.8) is 0 Å². The Balaban J connectivity index is 1.28. The first-order valence-electron chi connectivity index (χ1n) is 12.3. The standard InChI is InChI=1S/C26H33N7OS/c1-25(2)15-21-26(3,17-34-25)20-16-28-23(30-22(20)33(21)24-27-9-14-35-24)29-18-5-7-19(8-6-18)32-12-10-31(4)11-13-32/h5-9,14,16,21H,10-13,15,17H2,1-4H3,(H,28,29,30)/t21-,26-/m1/s1. The Kier molecular flexibility index (Phi) is 5.47. The fourth-order valence-corrected chi connectivity index (χ4v) is 6.19. The van der Waals surface area contributed by atoms with E-state index in [9.17, 15) is 0 Å². The normalized spacial score (nSPS) is 25.9. The van der Waals surface area contributed by atoms with Crippen LogP contribution in [-0.4, -0.2) is 71.3 Å².